The van der Waals surface area contributed by atoms with Crippen molar-refractivity contribution in [1.29, 1.82) is 0 Å². The zero-order valence-corrected chi connectivity index (χ0v) is 13.4. The van der Waals surface area contributed by atoms with E-state index in [9.17, 15) is 9.59 Å². The summed E-state index contributed by atoms with van der Waals surface area (Å²) in [6.45, 7) is 2.97. The fraction of sp³-hybridized carbons (Fsp3) is 0.444. The van der Waals surface area contributed by atoms with E-state index < -0.39 is 0 Å². The van der Waals surface area contributed by atoms with Crippen LogP contribution in [0.25, 0.3) is 10.9 Å². The molecular weight excluding hydrogens is 290 g/mol. The van der Waals surface area contributed by atoms with Gasteiger partial charge in [-0.25, -0.2) is 0 Å². The number of piperidine rings is 1. The van der Waals surface area contributed by atoms with E-state index in [1.54, 1.807) is 12.3 Å². The standard InChI is InChI=1S/C18H23N3O2/c1-13(19)15-7-4-5-10-21(15)18(23)12-20-11-9-17(22)14-6-2-3-8-16(14)20/h2-3,6,8-9,11,13,15H,4-5,7,10,12,19H2,1H3/t13-,15+/m0/s1. The number of carbonyl (C=O) groups is 1. The molecule has 0 radical (unpaired) electrons. The number of nitrogens with zero attached hydrogens (tertiary/aromatic N) is 2. The number of nitrogens with two attached hydrogens (primary N) is 1. The highest BCUT2D eigenvalue weighted by molar-refractivity contribution is 5.82. The largest absolute Gasteiger partial charge is 0.338 e. The number of likely N-dealkylation sites (tertiary alicyclic amines) is 1. The van der Waals surface area contributed by atoms with Crippen molar-refractivity contribution in [2.24, 2.45) is 5.73 Å². The first kappa shape index (κ1) is 15.7. The molecule has 1 aromatic carbocycles. The normalized spacial score (nSPS) is 19.7. The third-order valence-electron chi connectivity index (χ3n) is 4.67. The lowest BCUT2D eigenvalue weighted by Gasteiger charge is -2.38. The van der Waals surface area contributed by atoms with Gasteiger partial charge in [-0.2, -0.15) is 0 Å². The molecule has 0 bridgehead atoms. The number of carbonyl (C=O) groups excluding carboxylic acids is 1. The topological polar surface area (TPSA) is 68.3 Å². The van der Waals surface area contributed by atoms with E-state index in [2.05, 4.69) is 0 Å². The van der Waals surface area contributed by atoms with Gasteiger partial charge in [0.05, 0.1) is 5.52 Å². The van der Waals surface area contributed by atoms with E-state index in [0.29, 0.717) is 5.39 Å². The van der Waals surface area contributed by atoms with Gasteiger partial charge in [0.25, 0.3) is 0 Å². The third-order valence-corrected chi connectivity index (χ3v) is 4.67. The van der Waals surface area contributed by atoms with Gasteiger partial charge < -0.3 is 15.2 Å². The second kappa shape index (κ2) is 6.54. The SMILES string of the molecule is C[C@H](N)[C@H]1CCCCN1C(=O)Cn1ccc(=O)c2ccccc21. The van der Waals surface area contributed by atoms with E-state index in [1.165, 1.54) is 6.07 Å². The fourth-order valence-corrected chi connectivity index (χ4v) is 3.45. The second-order valence-electron chi connectivity index (χ2n) is 6.33. The molecule has 0 saturated carbocycles. The molecule has 2 N–H and O–H groups in total. The summed E-state index contributed by atoms with van der Waals surface area (Å²) in [7, 11) is 0. The number of hydrogen-bond acceptors (Lipinski definition) is 3. The summed E-state index contributed by atoms with van der Waals surface area (Å²) in [5, 5.41) is 0.644. The Hall–Kier alpha value is -2.14. The molecule has 1 aromatic heterocycles. The Morgan fingerprint density at radius 2 is 2.09 bits per heavy atom. The summed E-state index contributed by atoms with van der Waals surface area (Å²) in [6.07, 6.45) is 4.82. The number of benzene rings is 1. The van der Waals surface area contributed by atoms with Crippen LogP contribution in [0.15, 0.2) is 41.3 Å². The quantitative estimate of drug-likeness (QED) is 0.938. The van der Waals surface area contributed by atoms with E-state index in [0.717, 1.165) is 31.3 Å². The summed E-state index contributed by atoms with van der Waals surface area (Å²) >= 11 is 0. The Morgan fingerprint density at radius 1 is 1.30 bits per heavy atom. The molecule has 1 fully saturated rings. The first-order valence-corrected chi connectivity index (χ1v) is 8.21. The first-order valence-electron chi connectivity index (χ1n) is 8.21. The van der Waals surface area contributed by atoms with Crippen molar-refractivity contribution in [2.45, 2.75) is 44.8 Å². The van der Waals surface area contributed by atoms with Gasteiger partial charge in [-0.15, -0.1) is 0 Å². The Balaban J connectivity index is 1.88. The lowest BCUT2D eigenvalue weighted by atomic mass is 9.97. The van der Waals surface area contributed by atoms with Crippen molar-refractivity contribution >= 4 is 16.8 Å². The molecule has 23 heavy (non-hydrogen) atoms. The van der Waals surface area contributed by atoms with Crippen LogP contribution in [0.4, 0.5) is 0 Å². The number of amides is 1. The Kier molecular flexibility index (Phi) is 4.48. The van der Waals surface area contributed by atoms with Crippen LogP contribution in [0, 0.1) is 0 Å². The van der Waals surface area contributed by atoms with Gasteiger partial charge in [0.1, 0.15) is 6.54 Å². The van der Waals surface area contributed by atoms with E-state index in [4.69, 9.17) is 5.73 Å². The summed E-state index contributed by atoms with van der Waals surface area (Å²) in [4.78, 5) is 26.6. The van der Waals surface area contributed by atoms with Gasteiger partial charge in [0, 0.05) is 36.3 Å². The monoisotopic (exact) mass is 313 g/mol. The molecule has 1 amide bonds. The van der Waals surface area contributed by atoms with Crippen LogP contribution in [0.3, 0.4) is 0 Å². The summed E-state index contributed by atoms with van der Waals surface area (Å²) < 4.78 is 1.85. The average molecular weight is 313 g/mol. The molecule has 5 heteroatoms. The van der Waals surface area contributed by atoms with Crippen molar-refractivity contribution < 1.29 is 4.79 Å². The first-order chi connectivity index (χ1) is 11.1. The zero-order valence-electron chi connectivity index (χ0n) is 13.4. The Bertz CT molecular complexity index is 766. The molecule has 2 atom stereocenters. The number of hydrogen-bond donors (Lipinski definition) is 1. The molecule has 0 unspecified atom stereocenters. The molecule has 3 rings (SSSR count). The molecule has 2 aromatic rings. The summed E-state index contributed by atoms with van der Waals surface area (Å²) in [6, 6.07) is 9.01. The van der Waals surface area contributed by atoms with Crippen molar-refractivity contribution in [3.05, 3.63) is 46.8 Å². The highest BCUT2D eigenvalue weighted by Crippen LogP contribution is 2.20. The summed E-state index contributed by atoms with van der Waals surface area (Å²) in [5.41, 5.74) is 6.83. The minimum absolute atomic E-state index is 0.0178. The van der Waals surface area contributed by atoms with Crippen LogP contribution in [0.2, 0.25) is 0 Å². The van der Waals surface area contributed by atoms with Gasteiger partial charge in [0.15, 0.2) is 5.43 Å². The molecule has 1 aliphatic rings. The number of fused-ring (bicyclic) bond motifs is 1. The molecule has 2 heterocycles. The molecular formula is C18H23N3O2. The van der Waals surface area contributed by atoms with Crippen molar-refractivity contribution in [3.63, 3.8) is 0 Å². The molecule has 122 valence electrons. The van der Waals surface area contributed by atoms with Crippen LogP contribution < -0.4 is 11.2 Å². The fourth-order valence-electron chi connectivity index (χ4n) is 3.45. The van der Waals surface area contributed by atoms with Gasteiger partial charge in [0.2, 0.25) is 5.91 Å². The van der Waals surface area contributed by atoms with Crippen LogP contribution >= 0.6 is 0 Å². The average Bonchev–Trinajstić information content (AvgIpc) is 2.57. The van der Waals surface area contributed by atoms with Gasteiger partial charge in [-0.3, -0.25) is 9.59 Å². The minimum Gasteiger partial charge on any atom is -0.338 e. The Morgan fingerprint density at radius 3 is 2.87 bits per heavy atom. The van der Waals surface area contributed by atoms with Crippen LogP contribution in [-0.4, -0.2) is 34.0 Å². The van der Waals surface area contributed by atoms with Gasteiger partial charge in [-0.05, 0) is 38.3 Å². The van der Waals surface area contributed by atoms with Crippen molar-refractivity contribution in [2.75, 3.05) is 6.54 Å². The highest BCUT2D eigenvalue weighted by atomic mass is 16.2. The molecule has 5 nitrogen and oxygen atoms in total. The van der Waals surface area contributed by atoms with Gasteiger partial charge in [-0.1, -0.05) is 12.1 Å². The molecule has 1 aliphatic heterocycles. The van der Waals surface area contributed by atoms with E-state index in [1.807, 2.05) is 34.6 Å². The van der Waals surface area contributed by atoms with Gasteiger partial charge >= 0.3 is 0 Å². The van der Waals surface area contributed by atoms with Crippen molar-refractivity contribution in [1.82, 2.24) is 9.47 Å². The van der Waals surface area contributed by atoms with Crippen LogP contribution in [0.1, 0.15) is 26.2 Å². The van der Waals surface area contributed by atoms with Crippen LogP contribution in [-0.2, 0) is 11.3 Å². The second-order valence-corrected chi connectivity index (χ2v) is 6.33. The lowest BCUT2D eigenvalue weighted by molar-refractivity contribution is -0.135. The number of para-hydroxylation sites is 1. The maximum Gasteiger partial charge on any atom is 0.242 e. The zero-order chi connectivity index (χ0) is 16.4. The molecule has 0 aliphatic carbocycles. The molecule has 0 spiro atoms. The lowest BCUT2D eigenvalue weighted by Crippen LogP contribution is -2.52. The number of pyridine rings is 1. The van der Waals surface area contributed by atoms with Crippen molar-refractivity contribution in [3.8, 4) is 0 Å². The molecule has 1 saturated heterocycles. The third kappa shape index (κ3) is 3.15. The number of aromatic nitrogens is 1. The summed E-state index contributed by atoms with van der Waals surface area (Å²) in [5.74, 6) is 0.0702. The Labute approximate surface area is 135 Å². The smallest absolute Gasteiger partial charge is 0.242 e. The maximum atomic E-state index is 12.8. The van der Waals surface area contributed by atoms with E-state index in [-0.39, 0.29) is 30.0 Å². The number of rotatable bonds is 3. The van der Waals surface area contributed by atoms with Crippen LogP contribution in [0.5, 0.6) is 0 Å². The predicted octanol–water partition coefficient (Wildman–Crippen LogP) is 1.73. The maximum absolute atomic E-state index is 12.8. The predicted molar refractivity (Wildman–Crippen MR) is 91.2 cm³/mol. The van der Waals surface area contributed by atoms with E-state index >= 15 is 0 Å². The minimum atomic E-state index is -0.0231. The highest BCUT2D eigenvalue weighted by Gasteiger charge is 2.29.